The Hall–Kier alpha value is -3.45. The zero-order valence-corrected chi connectivity index (χ0v) is 14.7. The third-order valence-electron chi connectivity index (χ3n) is 4.09. The Morgan fingerprint density at radius 1 is 1.11 bits per heavy atom. The van der Waals surface area contributed by atoms with Crippen LogP contribution in [-0.2, 0) is 0 Å². The lowest BCUT2D eigenvalue weighted by Crippen LogP contribution is -2.13. The number of methoxy groups -OCH3 is 1. The van der Waals surface area contributed by atoms with Gasteiger partial charge in [-0.1, -0.05) is 42.5 Å². The van der Waals surface area contributed by atoms with Crippen molar-refractivity contribution < 1.29 is 14.8 Å². The van der Waals surface area contributed by atoms with E-state index in [1.54, 1.807) is 55.6 Å². The molecule has 3 rings (SSSR count). The third-order valence-corrected chi connectivity index (χ3v) is 4.09. The molecule has 2 aromatic carbocycles. The molecular weight excluding hydrogens is 346 g/mol. The summed E-state index contributed by atoms with van der Waals surface area (Å²) in [5.41, 5.74) is 1.60. The second kappa shape index (κ2) is 8.29. The molecule has 138 valence electrons. The summed E-state index contributed by atoms with van der Waals surface area (Å²) in [5.74, 6) is 1.16. The van der Waals surface area contributed by atoms with Gasteiger partial charge in [-0.3, -0.25) is 10.1 Å². The van der Waals surface area contributed by atoms with Gasteiger partial charge in [0, 0.05) is 18.2 Å². The minimum atomic E-state index is -0.756. The topological polar surface area (TPSA) is 97.5 Å². The Morgan fingerprint density at radius 3 is 2.44 bits per heavy atom. The molecule has 0 aliphatic heterocycles. The van der Waals surface area contributed by atoms with Crippen molar-refractivity contribution >= 4 is 11.5 Å². The van der Waals surface area contributed by atoms with E-state index in [0.717, 1.165) is 5.56 Å². The summed E-state index contributed by atoms with van der Waals surface area (Å²) < 4.78 is 5.10. The maximum atomic E-state index is 11.3. The highest BCUT2D eigenvalue weighted by atomic mass is 16.6. The lowest BCUT2D eigenvalue weighted by molar-refractivity contribution is -0.384. The van der Waals surface area contributed by atoms with Crippen molar-refractivity contribution in [2.24, 2.45) is 0 Å². The summed E-state index contributed by atoms with van der Waals surface area (Å²) in [6, 6.07) is 19.0. The van der Waals surface area contributed by atoms with Crippen molar-refractivity contribution in [3.8, 4) is 17.0 Å². The minimum absolute atomic E-state index is 0.0672. The number of hydrogen-bond acceptors (Lipinski definition) is 6. The second-order valence-corrected chi connectivity index (χ2v) is 5.86. The highest BCUT2D eigenvalue weighted by Crippen LogP contribution is 2.29. The molecule has 1 aromatic heterocycles. The fourth-order valence-corrected chi connectivity index (χ4v) is 2.65. The third kappa shape index (κ3) is 4.39. The number of aromatic nitrogens is 1. The number of pyridine rings is 1. The second-order valence-electron chi connectivity index (χ2n) is 5.86. The predicted molar refractivity (Wildman–Crippen MR) is 103 cm³/mol. The van der Waals surface area contributed by atoms with Gasteiger partial charge in [0.2, 0.25) is 0 Å². The molecule has 1 atom stereocenters. The van der Waals surface area contributed by atoms with E-state index in [2.05, 4.69) is 10.3 Å². The van der Waals surface area contributed by atoms with Gasteiger partial charge in [-0.25, -0.2) is 4.98 Å². The van der Waals surface area contributed by atoms with Gasteiger partial charge >= 0.3 is 0 Å². The Labute approximate surface area is 156 Å². The fraction of sp³-hybridized carbons (Fsp3) is 0.150. The number of anilines is 1. The molecule has 1 heterocycles. The molecule has 0 fully saturated rings. The van der Waals surface area contributed by atoms with Crippen LogP contribution >= 0.6 is 0 Å². The van der Waals surface area contributed by atoms with Crippen LogP contribution in [0.5, 0.6) is 5.75 Å². The summed E-state index contributed by atoms with van der Waals surface area (Å²) in [6.45, 7) is 0.214. The molecule has 27 heavy (non-hydrogen) atoms. The zero-order chi connectivity index (χ0) is 19.2. The van der Waals surface area contributed by atoms with E-state index in [1.165, 1.54) is 12.1 Å². The van der Waals surface area contributed by atoms with E-state index < -0.39 is 11.0 Å². The van der Waals surface area contributed by atoms with Gasteiger partial charge in [0.05, 0.1) is 18.1 Å². The Kier molecular flexibility index (Phi) is 5.63. The number of rotatable bonds is 7. The van der Waals surface area contributed by atoms with Crippen molar-refractivity contribution in [1.82, 2.24) is 4.98 Å². The molecule has 0 spiro atoms. The standard InChI is InChI=1S/C20H19N3O4/c1-27-16-9-7-14(8-10-16)18(24)13-21-19-12-11-17(23(25)26)20(22-19)15-5-3-2-4-6-15/h2-12,18,24H,13H2,1H3,(H,21,22). The number of nitrogens with one attached hydrogen (secondary N) is 1. The van der Waals surface area contributed by atoms with Gasteiger partial charge in [-0.2, -0.15) is 0 Å². The first-order valence-electron chi connectivity index (χ1n) is 8.35. The average Bonchev–Trinajstić information content (AvgIpc) is 2.72. The van der Waals surface area contributed by atoms with Gasteiger partial charge in [0.25, 0.3) is 5.69 Å². The van der Waals surface area contributed by atoms with Crippen LogP contribution in [0.25, 0.3) is 11.3 Å². The van der Waals surface area contributed by atoms with Gasteiger partial charge in [0.15, 0.2) is 5.69 Å². The molecule has 0 saturated carbocycles. The van der Waals surface area contributed by atoms with Crippen LogP contribution in [0.4, 0.5) is 11.5 Å². The Balaban J connectivity index is 1.77. The van der Waals surface area contributed by atoms with E-state index in [0.29, 0.717) is 17.1 Å². The fourth-order valence-electron chi connectivity index (χ4n) is 2.65. The van der Waals surface area contributed by atoms with E-state index in [1.807, 2.05) is 6.07 Å². The quantitative estimate of drug-likeness (QED) is 0.488. The molecule has 0 amide bonds. The lowest BCUT2D eigenvalue weighted by atomic mass is 10.1. The van der Waals surface area contributed by atoms with Crippen LogP contribution in [0.3, 0.4) is 0 Å². The summed E-state index contributed by atoms with van der Waals surface area (Å²) in [7, 11) is 1.58. The molecule has 2 N–H and O–H groups in total. The highest BCUT2D eigenvalue weighted by Gasteiger charge is 2.18. The first-order valence-corrected chi connectivity index (χ1v) is 8.35. The SMILES string of the molecule is COc1ccc(C(O)CNc2ccc([N+](=O)[O-])c(-c3ccccc3)n2)cc1. The first-order chi connectivity index (χ1) is 13.1. The maximum Gasteiger partial charge on any atom is 0.295 e. The molecule has 0 aliphatic rings. The number of benzene rings is 2. The summed E-state index contributed by atoms with van der Waals surface area (Å²) >= 11 is 0. The number of nitrogens with zero attached hydrogens (tertiary/aromatic N) is 2. The smallest absolute Gasteiger partial charge is 0.295 e. The van der Waals surface area contributed by atoms with Gasteiger partial charge in [-0.05, 0) is 23.8 Å². The molecule has 0 radical (unpaired) electrons. The van der Waals surface area contributed by atoms with Crippen LogP contribution in [0.15, 0.2) is 66.7 Å². The largest absolute Gasteiger partial charge is 0.497 e. The van der Waals surface area contributed by atoms with Crippen LogP contribution in [0, 0.1) is 10.1 Å². The van der Waals surface area contributed by atoms with E-state index in [9.17, 15) is 15.2 Å². The molecule has 7 heteroatoms. The number of aliphatic hydroxyl groups excluding tert-OH is 1. The Bertz CT molecular complexity index is 914. The molecule has 7 nitrogen and oxygen atoms in total. The molecule has 1 unspecified atom stereocenters. The summed E-state index contributed by atoms with van der Waals surface area (Å²) in [6.07, 6.45) is -0.756. The van der Waals surface area contributed by atoms with Crippen LogP contribution in [0.2, 0.25) is 0 Å². The highest BCUT2D eigenvalue weighted by molar-refractivity contribution is 5.71. The predicted octanol–water partition coefficient (Wildman–Crippen LogP) is 3.81. The van der Waals surface area contributed by atoms with Gasteiger partial charge in [0.1, 0.15) is 11.6 Å². The Morgan fingerprint density at radius 2 is 1.81 bits per heavy atom. The lowest BCUT2D eigenvalue weighted by Gasteiger charge is -2.14. The van der Waals surface area contributed by atoms with E-state index >= 15 is 0 Å². The van der Waals surface area contributed by atoms with E-state index in [4.69, 9.17) is 4.74 Å². The minimum Gasteiger partial charge on any atom is -0.497 e. The molecule has 3 aromatic rings. The first kappa shape index (κ1) is 18.3. The van der Waals surface area contributed by atoms with Crippen LogP contribution in [0.1, 0.15) is 11.7 Å². The van der Waals surface area contributed by atoms with Gasteiger partial charge < -0.3 is 15.2 Å². The molecule has 0 bridgehead atoms. The zero-order valence-electron chi connectivity index (χ0n) is 14.7. The van der Waals surface area contributed by atoms with E-state index in [-0.39, 0.29) is 17.9 Å². The summed E-state index contributed by atoms with van der Waals surface area (Å²) in [4.78, 5) is 15.2. The van der Waals surface area contributed by atoms with Crippen molar-refractivity contribution in [3.05, 3.63) is 82.4 Å². The van der Waals surface area contributed by atoms with Crippen LogP contribution in [-0.4, -0.2) is 28.7 Å². The van der Waals surface area contributed by atoms with Crippen molar-refractivity contribution in [3.63, 3.8) is 0 Å². The van der Waals surface area contributed by atoms with Gasteiger partial charge in [-0.15, -0.1) is 0 Å². The normalized spacial score (nSPS) is 11.6. The van der Waals surface area contributed by atoms with Crippen molar-refractivity contribution in [1.29, 1.82) is 0 Å². The number of nitro groups is 1. The number of aliphatic hydroxyl groups is 1. The van der Waals surface area contributed by atoms with Crippen LogP contribution < -0.4 is 10.1 Å². The number of ether oxygens (including phenoxy) is 1. The van der Waals surface area contributed by atoms with Crippen molar-refractivity contribution in [2.45, 2.75) is 6.10 Å². The number of hydrogen-bond donors (Lipinski definition) is 2. The monoisotopic (exact) mass is 365 g/mol. The average molecular weight is 365 g/mol. The molecule has 0 aliphatic carbocycles. The summed E-state index contributed by atoms with van der Waals surface area (Å²) in [5, 5.41) is 24.7. The van der Waals surface area contributed by atoms with Crippen molar-refractivity contribution in [2.75, 3.05) is 19.0 Å². The molecular formula is C20H19N3O4. The maximum absolute atomic E-state index is 11.3. The molecule has 0 saturated heterocycles.